The van der Waals surface area contributed by atoms with E-state index >= 15 is 0 Å². The van der Waals surface area contributed by atoms with Crippen LogP contribution in [0.25, 0.3) is 94.3 Å². The first kappa shape index (κ1) is 29.2. The Morgan fingerprint density at radius 1 is 0.404 bits per heavy atom. The third-order valence-electron chi connectivity index (χ3n) is 10.2. The summed E-state index contributed by atoms with van der Waals surface area (Å²) in [7, 11) is 0. The predicted octanol–water partition coefficient (Wildman–Crippen LogP) is 12.4. The van der Waals surface area contributed by atoms with Crippen LogP contribution in [0.3, 0.4) is 0 Å². The van der Waals surface area contributed by atoms with Crippen LogP contribution >= 0.6 is 11.8 Å². The van der Waals surface area contributed by atoms with Gasteiger partial charge < -0.3 is 4.57 Å². The van der Waals surface area contributed by atoms with E-state index < -0.39 is 0 Å². The summed E-state index contributed by atoms with van der Waals surface area (Å²) >= 11 is 1.81. The molecule has 0 aliphatic carbocycles. The maximum atomic E-state index is 5.10. The number of benzene rings is 8. The van der Waals surface area contributed by atoms with Gasteiger partial charge in [-0.25, -0.2) is 15.0 Å². The van der Waals surface area contributed by atoms with Crippen LogP contribution in [0, 0.1) is 0 Å². The molecule has 2 aromatic heterocycles. The van der Waals surface area contributed by atoms with Crippen molar-refractivity contribution in [2.45, 2.75) is 9.79 Å². The number of para-hydroxylation sites is 1. The second-order valence-corrected chi connectivity index (χ2v) is 14.3. The second-order valence-electron chi connectivity index (χ2n) is 13.2. The van der Waals surface area contributed by atoms with Crippen LogP contribution in [0.15, 0.2) is 180 Å². The van der Waals surface area contributed by atoms with E-state index in [9.17, 15) is 0 Å². The van der Waals surface area contributed by atoms with E-state index in [4.69, 9.17) is 15.0 Å². The minimum atomic E-state index is 0.661. The topological polar surface area (TPSA) is 43.6 Å². The lowest BCUT2D eigenvalue weighted by Crippen LogP contribution is -2.03. The average molecular weight is 681 g/mol. The molecule has 1 aliphatic heterocycles. The highest BCUT2D eigenvalue weighted by atomic mass is 32.2. The van der Waals surface area contributed by atoms with Crippen LogP contribution in [0.5, 0.6) is 0 Å². The molecule has 0 bridgehead atoms. The van der Waals surface area contributed by atoms with Gasteiger partial charge in [0.2, 0.25) is 0 Å². The summed E-state index contributed by atoms with van der Waals surface area (Å²) in [5, 5.41) is 7.52. The molecule has 0 N–H and O–H groups in total. The summed E-state index contributed by atoms with van der Waals surface area (Å²) in [4.78, 5) is 17.5. The van der Waals surface area contributed by atoms with Gasteiger partial charge >= 0.3 is 0 Å². The zero-order valence-electron chi connectivity index (χ0n) is 27.9. The Kier molecular flexibility index (Phi) is 6.45. The molecule has 4 nitrogen and oxygen atoms in total. The first-order chi connectivity index (χ1) is 25.8. The normalized spacial score (nSPS) is 12.2. The first-order valence-electron chi connectivity index (χ1n) is 17.5. The van der Waals surface area contributed by atoms with Gasteiger partial charge in [-0.05, 0) is 58.3 Å². The van der Waals surface area contributed by atoms with Gasteiger partial charge in [-0.2, -0.15) is 0 Å². The number of aromatic nitrogens is 4. The van der Waals surface area contributed by atoms with Gasteiger partial charge in [-0.1, -0.05) is 145 Å². The van der Waals surface area contributed by atoms with Crippen molar-refractivity contribution >= 4 is 55.1 Å². The molecule has 0 unspecified atom stereocenters. The largest absolute Gasteiger partial charge is 0.309 e. The fourth-order valence-electron chi connectivity index (χ4n) is 7.85. The third-order valence-corrected chi connectivity index (χ3v) is 11.4. The lowest BCUT2D eigenvalue weighted by atomic mass is 9.95. The summed E-state index contributed by atoms with van der Waals surface area (Å²) in [6.45, 7) is 0. The third kappa shape index (κ3) is 4.46. The van der Waals surface area contributed by atoms with Gasteiger partial charge in [-0.15, -0.1) is 0 Å². The molecular formula is C47H28N4S. The zero-order valence-corrected chi connectivity index (χ0v) is 28.7. The Bertz CT molecular complexity index is 2980. The monoisotopic (exact) mass is 680 g/mol. The van der Waals surface area contributed by atoms with Crippen molar-refractivity contribution in [1.29, 1.82) is 0 Å². The number of hydrogen-bond donors (Lipinski definition) is 0. The number of rotatable bonds is 4. The highest BCUT2D eigenvalue weighted by molar-refractivity contribution is 8.00. The molecule has 242 valence electrons. The Balaban J connectivity index is 1.13. The van der Waals surface area contributed by atoms with E-state index in [1.54, 1.807) is 11.8 Å². The van der Waals surface area contributed by atoms with Gasteiger partial charge in [0, 0.05) is 48.0 Å². The Morgan fingerprint density at radius 2 is 1.00 bits per heavy atom. The molecular weight excluding hydrogens is 653 g/mol. The maximum Gasteiger partial charge on any atom is 0.165 e. The molecule has 0 amide bonds. The van der Waals surface area contributed by atoms with Crippen molar-refractivity contribution in [2.75, 3.05) is 0 Å². The molecule has 52 heavy (non-hydrogen) atoms. The minimum Gasteiger partial charge on any atom is -0.309 e. The lowest BCUT2D eigenvalue weighted by Gasteiger charge is -2.24. The molecule has 11 rings (SSSR count). The summed E-state index contributed by atoms with van der Waals surface area (Å²) < 4.78 is 2.46. The Labute approximate surface area is 304 Å². The van der Waals surface area contributed by atoms with Crippen molar-refractivity contribution in [3.05, 3.63) is 170 Å². The molecule has 0 fully saturated rings. The van der Waals surface area contributed by atoms with Crippen LogP contribution in [-0.4, -0.2) is 19.5 Å². The van der Waals surface area contributed by atoms with Crippen molar-refractivity contribution in [3.8, 4) is 51.0 Å². The second kappa shape index (κ2) is 11.5. The predicted molar refractivity (Wildman–Crippen MR) is 215 cm³/mol. The van der Waals surface area contributed by atoms with E-state index in [1.807, 2.05) is 36.4 Å². The zero-order chi connectivity index (χ0) is 34.2. The number of nitrogens with zero attached hydrogens (tertiary/aromatic N) is 4. The van der Waals surface area contributed by atoms with Crippen LogP contribution in [0.2, 0.25) is 0 Å². The summed E-state index contributed by atoms with van der Waals surface area (Å²) in [5.74, 6) is 1.99. The van der Waals surface area contributed by atoms with E-state index in [0.717, 1.165) is 21.6 Å². The van der Waals surface area contributed by atoms with Crippen molar-refractivity contribution in [1.82, 2.24) is 19.5 Å². The van der Waals surface area contributed by atoms with E-state index in [0.29, 0.717) is 17.5 Å². The maximum absolute atomic E-state index is 5.10. The summed E-state index contributed by atoms with van der Waals surface area (Å²) in [6.07, 6.45) is 0. The van der Waals surface area contributed by atoms with Gasteiger partial charge in [0.15, 0.2) is 17.5 Å². The van der Waals surface area contributed by atoms with Gasteiger partial charge in [0.1, 0.15) is 0 Å². The Hall–Kier alpha value is -6.56. The molecule has 3 heterocycles. The van der Waals surface area contributed by atoms with Crippen molar-refractivity contribution < 1.29 is 0 Å². The van der Waals surface area contributed by atoms with E-state index in [-0.39, 0.29) is 0 Å². The molecule has 8 aromatic carbocycles. The molecule has 1 aliphatic rings. The van der Waals surface area contributed by atoms with Gasteiger partial charge in [-0.3, -0.25) is 0 Å². The van der Waals surface area contributed by atoms with E-state index in [2.05, 4.69) is 138 Å². The Morgan fingerprint density at radius 3 is 1.77 bits per heavy atom. The lowest BCUT2D eigenvalue weighted by molar-refractivity contribution is 1.07. The van der Waals surface area contributed by atoms with Crippen LogP contribution in [0.4, 0.5) is 0 Å². The fourth-order valence-corrected chi connectivity index (χ4v) is 9.09. The first-order valence-corrected chi connectivity index (χ1v) is 18.3. The van der Waals surface area contributed by atoms with E-state index in [1.165, 1.54) is 65.1 Å². The average Bonchev–Trinajstić information content (AvgIpc) is 3.53. The number of hydrogen-bond acceptors (Lipinski definition) is 4. The van der Waals surface area contributed by atoms with Crippen LogP contribution < -0.4 is 0 Å². The highest BCUT2D eigenvalue weighted by Gasteiger charge is 2.26. The van der Waals surface area contributed by atoms with Crippen molar-refractivity contribution in [3.63, 3.8) is 0 Å². The van der Waals surface area contributed by atoms with Gasteiger partial charge in [0.05, 0.1) is 16.7 Å². The molecule has 0 atom stereocenters. The molecule has 0 radical (unpaired) electrons. The quantitative estimate of drug-likeness (QED) is 0.186. The smallest absolute Gasteiger partial charge is 0.165 e. The molecule has 0 saturated heterocycles. The van der Waals surface area contributed by atoms with Crippen LogP contribution in [-0.2, 0) is 0 Å². The molecule has 5 heteroatoms. The SMILES string of the molecule is c1ccc(-c2nc(-c3ccccc3)nc(-c3cccc4c3Sc3ccc(-n5c6ccccc6c6cc7ccccc7cc65)c5cccc-4c35)n2)cc1. The minimum absolute atomic E-state index is 0.661. The standard InChI is InChI=1S/C47H28N4S/c1-3-13-29(14-4-1)45-48-46(30-15-5-2-6-16-30)50-47(49-45)37-23-12-21-35-34-20-11-22-36-40(25-26-42(43(34)36)52-44(35)37)51-39-24-10-9-19-33(39)38-27-31-17-7-8-18-32(31)28-41(38)51/h1-28H. The molecule has 0 spiro atoms. The van der Waals surface area contributed by atoms with Crippen molar-refractivity contribution in [2.24, 2.45) is 0 Å². The van der Waals surface area contributed by atoms with Crippen LogP contribution in [0.1, 0.15) is 0 Å². The highest BCUT2D eigenvalue weighted by Crippen LogP contribution is 2.52. The fraction of sp³-hybridized carbons (Fsp3) is 0. The summed E-state index contributed by atoms with van der Waals surface area (Å²) in [6, 6.07) is 60.3. The number of fused-ring (bicyclic) bond motifs is 6. The molecule has 0 saturated carbocycles. The summed E-state index contributed by atoms with van der Waals surface area (Å²) in [5.41, 5.74) is 8.93. The van der Waals surface area contributed by atoms with Gasteiger partial charge in [0.25, 0.3) is 0 Å². The molecule has 10 aromatic rings.